The van der Waals surface area contributed by atoms with Crippen LogP contribution in [0.25, 0.3) is 21.9 Å². The maximum atomic E-state index is 13.0. The molecule has 26 heavy (non-hydrogen) atoms. The summed E-state index contributed by atoms with van der Waals surface area (Å²) in [6.07, 6.45) is 0. The second kappa shape index (κ2) is 6.15. The first-order valence-electron chi connectivity index (χ1n) is 8.08. The van der Waals surface area contributed by atoms with Crippen molar-refractivity contribution in [3.63, 3.8) is 0 Å². The zero-order valence-corrected chi connectivity index (χ0v) is 14.0. The molecular weight excluding hydrogens is 335 g/mol. The number of nitrogens with zero attached hydrogens (tertiary/aromatic N) is 1. The Labute approximate surface area is 147 Å². The molecule has 5 nitrogen and oxygen atoms in total. The Hall–Kier alpha value is -3.41. The van der Waals surface area contributed by atoms with Gasteiger partial charge in [0.1, 0.15) is 17.1 Å². The first kappa shape index (κ1) is 16.1. The largest absolute Gasteiger partial charge is 0.422 e. The summed E-state index contributed by atoms with van der Waals surface area (Å²) in [4.78, 5) is 24.8. The number of para-hydroxylation sites is 1. The van der Waals surface area contributed by atoms with Gasteiger partial charge in [0, 0.05) is 19.0 Å². The molecule has 1 amide bonds. The Morgan fingerprint density at radius 1 is 1.12 bits per heavy atom. The summed E-state index contributed by atoms with van der Waals surface area (Å²) in [6, 6.07) is 14.6. The van der Waals surface area contributed by atoms with Crippen LogP contribution in [0.15, 0.2) is 63.8 Å². The van der Waals surface area contributed by atoms with Crippen LogP contribution in [0.2, 0.25) is 0 Å². The molecule has 0 aliphatic rings. The maximum absolute atomic E-state index is 13.0. The van der Waals surface area contributed by atoms with Gasteiger partial charge in [-0.25, -0.2) is 9.18 Å². The van der Waals surface area contributed by atoms with Crippen LogP contribution in [0.5, 0.6) is 0 Å². The Bertz CT molecular complexity index is 1190. The molecule has 0 atom stereocenters. The average Bonchev–Trinajstić information content (AvgIpc) is 3.00. The lowest BCUT2D eigenvalue weighted by Crippen LogP contribution is -2.24. The monoisotopic (exact) mass is 350 g/mol. The van der Waals surface area contributed by atoms with Crippen LogP contribution in [0.1, 0.15) is 16.1 Å². The Morgan fingerprint density at radius 3 is 2.62 bits per heavy atom. The minimum Gasteiger partial charge on any atom is -0.422 e. The molecular formula is C20H15FN2O3. The van der Waals surface area contributed by atoms with E-state index in [2.05, 4.69) is 5.32 Å². The Balaban J connectivity index is 1.72. The lowest BCUT2D eigenvalue weighted by atomic mass is 10.2. The van der Waals surface area contributed by atoms with E-state index in [-0.39, 0.29) is 18.3 Å². The second-order valence-electron chi connectivity index (χ2n) is 6.05. The van der Waals surface area contributed by atoms with Gasteiger partial charge in [0.05, 0.1) is 10.9 Å². The highest BCUT2D eigenvalue weighted by atomic mass is 19.1. The normalized spacial score (nSPS) is 11.2. The van der Waals surface area contributed by atoms with E-state index in [4.69, 9.17) is 4.42 Å². The van der Waals surface area contributed by atoms with Crippen molar-refractivity contribution in [1.29, 1.82) is 0 Å². The smallest absolute Gasteiger partial charge is 0.345 e. The minimum atomic E-state index is -0.480. The van der Waals surface area contributed by atoms with Crippen molar-refractivity contribution < 1.29 is 13.6 Å². The van der Waals surface area contributed by atoms with Crippen LogP contribution in [0.3, 0.4) is 0 Å². The lowest BCUT2D eigenvalue weighted by Gasteiger charge is -2.07. The van der Waals surface area contributed by atoms with Crippen LogP contribution in [0.4, 0.5) is 4.39 Å². The average molecular weight is 350 g/mol. The van der Waals surface area contributed by atoms with Crippen molar-refractivity contribution in [2.45, 2.75) is 6.54 Å². The molecule has 0 radical (unpaired) electrons. The van der Waals surface area contributed by atoms with Crippen molar-refractivity contribution in [1.82, 2.24) is 9.88 Å². The van der Waals surface area contributed by atoms with Crippen molar-refractivity contribution in [3.05, 3.63) is 82.1 Å². The van der Waals surface area contributed by atoms with Gasteiger partial charge >= 0.3 is 5.63 Å². The second-order valence-corrected chi connectivity index (χ2v) is 6.05. The van der Waals surface area contributed by atoms with Gasteiger partial charge in [-0.2, -0.15) is 0 Å². The SMILES string of the molecule is Cn1c(C(=O)NCc2ccc(F)cc2)cc2c(=O)oc3ccccc3c21. The van der Waals surface area contributed by atoms with Crippen LogP contribution in [-0.4, -0.2) is 10.5 Å². The van der Waals surface area contributed by atoms with Gasteiger partial charge < -0.3 is 14.3 Å². The van der Waals surface area contributed by atoms with E-state index in [0.717, 1.165) is 10.9 Å². The van der Waals surface area contributed by atoms with Gasteiger partial charge in [0.15, 0.2) is 0 Å². The van der Waals surface area contributed by atoms with E-state index >= 15 is 0 Å². The first-order chi connectivity index (χ1) is 12.5. The summed E-state index contributed by atoms with van der Waals surface area (Å²) in [6.45, 7) is 0.260. The van der Waals surface area contributed by atoms with E-state index in [9.17, 15) is 14.0 Å². The van der Waals surface area contributed by atoms with Gasteiger partial charge in [0.25, 0.3) is 5.91 Å². The van der Waals surface area contributed by atoms with Crippen molar-refractivity contribution in [2.75, 3.05) is 0 Å². The minimum absolute atomic E-state index is 0.260. The zero-order valence-electron chi connectivity index (χ0n) is 14.0. The molecule has 4 rings (SSSR count). The fraction of sp³-hybridized carbons (Fsp3) is 0.100. The number of carbonyl (C=O) groups is 1. The number of hydrogen-bond acceptors (Lipinski definition) is 3. The van der Waals surface area contributed by atoms with Crippen LogP contribution < -0.4 is 10.9 Å². The number of halogens is 1. The molecule has 2 aromatic heterocycles. The van der Waals surface area contributed by atoms with Crippen LogP contribution in [0, 0.1) is 5.82 Å². The third kappa shape index (κ3) is 2.65. The van der Waals surface area contributed by atoms with Crippen LogP contribution >= 0.6 is 0 Å². The molecule has 4 aromatic rings. The highest BCUT2D eigenvalue weighted by Crippen LogP contribution is 2.25. The number of hydrogen-bond donors (Lipinski definition) is 1. The number of rotatable bonds is 3. The van der Waals surface area contributed by atoms with E-state index in [0.29, 0.717) is 22.2 Å². The number of benzene rings is 2. The highest BCUT2D eigenvalue weighted by Gasteiger charge is 2.18. The standard InChI is InChI=1S/C20H15FN2O3/c1-23-16(19(24)22-11-12-6-8-13(21)9-7-12)10-15-18(23)14-4-2-3-5-17(14)26-20(15)25/h2-10H,11H2,1H3,(H,22,24). The van der Waals surface area contributed by atoms with E-state index in [1.807, 2.05) is 12.1 Å². The molecule has 0 saturated heterocycles. The molecule has 0 fully saturated rings. The number of nitrogens with one attached hydrogen (secondary N) is 1. The lowest BCUT2D eigenvalue weighted by molar-refractivity contribution is 0.0943. The third-order valence-electron chi connectivity index (χ3n) is 4.40. The quantitative estimate of drug-likeness (QED) is 0.576. The summed E-state index contributed by atoms with van der Waals surface area (Å²) in [7, 11) is 1.74. The van der Waals surface area contributed by atoms with Crippen molar-refractivity contribution >= 4 is 27.8 Å². The van der Waals surface area contributed by atoms with Gasteiger partial charge in [-0.15, -0.1) is 0 Å². The Morgan fingerprint density at radius 2 is 1.85 bits per heavy atom. The number of aryl methyl sites for hydroxylation is 1. The van der Waals surface area contributed by atoms with Gasteiger partial charge in [-0.1, -0.05) is 24.3 Å². The molecule has 2 heterocycles. The predicted octanol–water partition coefficient (Wildman–Crippen LogP) is 3.35. The third-order valence-corrected chi connectivity index (χ3v) is 4.40. The first-order valence-corrected chi connectivity index (χ1v) is 8.08. The van der Waals surface area contributed by atoms with Gasteiger partial charge in [0.2, 0.25) is 0 Å². The van der Waals surface area contributed by atoms with Gasteiger partial charge in [-0.05, 0) is 35.9 Å². The zero-order chi connectivity index (χ0) is 18.3. The summed E-state index contributed by atoms with van der Waals surface area (Å²) < 4.78 is 20.0. The number of fused-ring (bicyclic) bond motifs is 3. The predicted molar refractivity (Wildman–Crippen MR) is 96.5 cm³/mol. The number of aromatic nitrogens is 1. The molecule has 1 N–H and O–H groups in total. The molecule has 0 bridgehead atoms. The molecule has 0 saturated carbocycles. The molecule has 130 valence electrons. The summed E-state index contributed by atoms with van der Waals surface area (Å²) in [5.41, 5.74) is 1.79. The van der Waals surface area contributed by atoms with Crippen molar-refractivity contribution in [3.8, 4) is 0 Å². The number of carbonyl (C=O) groups excluding carboxylic acids is 1. The summed E-state index contributed by atoms with van der Waals surface area (Å²) >= 11 is 0. The van der Waals surface area contributed by atoms with Crippen LogP contribution in [-0.2, 0) is 13.6 Å². The molecule has 0 unspecified atom stereocenters. The summed E-state index contributed by atoms with van der Waals surface area (Å²) in [5, 5.41) is 3.91. The topological polar surface area (TPSA) is 64.2 Å². The maximum Gasteiger partial charge on any atom is 0.345 e. The molecule has 6 heteroatoms. The fourth-order valence-corrected chi connectivity index (χ4v) is 3.08. The van der Waals surface area contributed by atoms with Crippen molar-refractivity contribution in [2.24, 2.45) is 7.05 Å². The van der Waals surface area contributed by atoms with E-state index in [1.54, 1.807) is 35.9 Å². The molecule has 0 spiro atoms. The summed E-state index contributed by atoms with van der Waals surface area (Å²) in [5.74, 6) is -0.649. The molecule has 2 aromatic carbocycles. The molecule has 0 aliphatic heterocycles. The Kier molecular flexibility index (Phi) is 3.80. The van der Waals surface area contributed by atoms with E-state index in [1.165, 1.54) is 18.2 Å². The highest BCUT2D eigenvalue weighted by molar-refractivity contribution is 6.07. The fourth-order valence-electron chi connectivity index (χ4n) is 3.08. The molecule has 0 aliphatic carbocycles. The van der Waals surface area contributed by atoms with Gasteiger partial charge in [-0.3, -0.25) is 4.79 Å². The van der Waals surface area contributed by atoms with E-state index < -0.39 is 5.63 Å². The number of amides is 1.